The number of carbonyl (C=O) groups is 1. The fourth-order valence-corrected chi connectivity index (χ4v) is 5.05. The zero-order valence-electron chi connectivity index (χ0n) is 13.7. The first-order valence-electron chi connectivity index (χ1n) is 8.08. The van der Waals surface area contributed by atoms with Gasteiger partial charge in [0.15, 0.2) is 0 Å². The Morgan fingerprint density at radius 3 is 2.83 bits per heavy atom. The molecule has 1 aromatic heterocycles. The molecule has 0 spiro atoms. The molecule has 0 radical (unpaired) electrons. The normalized spacial score (nSPS) is 23.8. The third-order valence-corrected chi connectivity index (χ3v) is 6.28. The number of benzene rings is 1. The van der Waals surface area contributed by atoms with Crippen LogP contribution in [-0.4, -0.2) is 30.5 Å². The standard InChI is InChI=1S/C18H19ClN2O2S/c1-11-7-9-24-16(11)17-20-8-3-4-14(20)18(22)21(17)12-5-6-15(23-2)13(19)10-12/h5-7,9-10,14,17H,3-4,8H2,1-2H3/t14-,17+/m0/s1. The molecule has 4 rings (SSSR count). The lowest BCUT2D eigenvalue weighted by Crippen LogP contribution is -2.32. The van der Waals surface area contributed by atoms with Gasteiger partial charge in [-0.3, -0.25) is 14.6 Å². The number of amides is 1. The molecule has 2 aliphatic rings. The maximum atomic E-state index is 13.1. The lowest BCUT2D eigenvalue weighted by Gasteiger charge is -2.29. The van der Waals surface area contributed by atoms with E-state index in [0.29, 0.717) is 10.8 Å². The van der Waals surface area contributed by atoms with Gasteiger partial charge in [0, 0.05) is 17.1 Å². The van der Waals surface area contributed by atoms with Crippen molar-refractivity contribution in [2.24, 2.45) is 0 Å². The van der Waals surface area contributed by atoms with Crippen molar-refractivity contribution in [3.8, 4) is 5.75 Å². The van der Waals surface area contributed by atoms with Crippen LogP contribution in [0.15, 0.2) is 29.6 Å². The van der Waals surface area contributed by atoms with Crippen molar-refractivity contribution in [2.45, 2.75) is 32.0 Å². The second kappa shape index (κ2) is 6.06. The predicted molar refractivity (Wildman–Crippen MR) is 97.0 cm³/mol. The molecule has 0 N–H and O–H groups in total. The summed E-state index contributed by atoms with van der Waals surface area (Å²) < 4.78 is 5.24. The molecular formula is C18H19ClN2O2S. The third-order valence-electron chi connectivity index (χ3n) is 4.93. The Hall–Kier alpha value is -1.56. The van der Waals surface area contributed by atoms with Gasteiger partial charge in [0.2, 0.25) is 5.91 Å². The molecule has 4 nitrogen and oxygen atoms in total. The van der Waals surface area contributed by atoms with Gasteiger partial charge in [0.1, 0.15) is 11.9 Å². The zero-order chi connectivity index (χ0) is 16.8. The minimum atomic E-state index is -0.0329. The average Bonchev–Trinajstić information content (AvgIpc) is 3.25. The number of halogens is 1. The predicted octanol–water partition coefficient (Wildman–Crippen LogP) is 4.23. The smallest absolute Gasteiger partial charge is 0.246 e. The van der Waals surface area contributed by atoms with Crippen molar-refractivity contribution in [1.82, 2.24) is 4.90 Å². The molecule has 0 saturated carbocycles. The number of methoxy groups -OCH3 is 1. The Morgan fingerprint density at radius 2 is 2.17 bits per heavy atom. The van der Waals surface area contributed by atoms with Crippen LogP contribution in [0.25, 0.3) is 0 Å². The van der Waals surface area contributed by atoms with Gasteiger partial charge in [-0.1, -0.05) is 11.6 Å². The summed E-state index contributed by atoms with van der Waals surface area (Å²) in [6.45, 7) is 3.07. The van der Waals surface area contributed by atoms with Crippen LogP contribution in [0, 0.1) is 6.92 Å². The monoisotopic (exact) mass is 362 g/mol. The molecule has 2 saturated heterocycles. The minimum absolute atomic E-state index is 0.0163. The van der Waals surface area contributed by atoms with E-state index in [1.807, 2.05) is 23.1 Å². The molecule has 2 fully saturated rings. The van der Waals surface area contributed by atoms with Gasteiger partial charge >= 0.3 is 0 Å². The first kappa shape index (κ1) is 15.9. The number of carbonyl (C=O) groups excluding carboxylic acids is 1. The molecule has 1 aromatic carbocycles. The summed E-state index contributed by atoms with van der Waals surface area (Å²) in [5.41, 5.74) is 2.06. The number of hydrogen-bond acceptors (Lipinski definition) is 4. The molecule has 2 aliphatic heterocycles. The number of thiophene rings is 1. The van der Waals surface area contributed by atoms with Crippen LogP contribution in [-0.2, 0) is 4.79 Å². The third kappa shape index (κ3) is 2.34. The zero-order valence-corrected chi connectivity index (χ0v) is 15.2. The fourth-order valence-electron chi connectivity index (χ4n) is 3.77. The number of hydrogen-bond donors (Lipinski definition) is 0. The quantitative estimate of drug-likeness (QED) is 0.819. The highest BCUT2D eigenvalue weighted by molar-refractivity contribution is 7.10. The Labute approximate surface area is 150 Å². The summed E-state index contributed by atoms with van der Waals surface area (Å²) in [5.74, 6) is 0.794. The number of rotatable bonds is 3. The van der Waals surface area contributed by atoms with Gasteiger partial charge < -0.3 is 4.74 Å². The van der Waals surface area contributed by atoms with Gasteiger partial charge in [-0.25, -0.2) is 0 Å². The second-order valence-electron chi connectivity index (χ2n) is 6.26. The summed E-state index contributed by atoms with van der Waals surface area (Å²) in [7, 11) is 1.59. The maximum absolute atomic E-state index is 13.1. The largest absolute Gasteiger partial charge is 0.495 e. The van der Waals surface area contributed by atoms with Gasteiger partial charge in [-0.2, -0.15) is 0 Å². The van der Waals surface area contributed by atoms with Crippen LogP contribution in [0.4, 0.5) is 5.69 Å². The van der Waals surface area contributed by atoms with Gasteiger partial charge in [-0.15, -0.1) is 11.3 Å². The van der Waals surface area contributed by atoms with Gasteiger partial charge in [0.25, 0.3) is 0 Å². The van der Waals surface area contributed by atoms with Crippen molar-refractivity contribution < 1.29 is 9.53 Å². The number of fused-ring (bicyclic) bond motifs is 1. The van der Waals surface area contributed by atoms with Gasteiger partial charge in [0.05, 0.1) is 18.2 Å². The SMILES string of the molecule is COc1ccc(N2C(=O)[C@@H]3CCCN3[C@H]2c2sccc2C)cc1Cl. The number of anilines is 1. The molecule has 0 bridgehead atoms. The maximum Gasteiger partial charge on any atom is 0.246 e. The molecule has 2 atom stereocenters. The molecule has 3 heterocycles. The van der Waals surface area contributed by atoms with E-state index in [0.717, 1.165) is 25.1 Å². The minimum Gasteiger partial charge on any atom is -0.495 e. The molecule has 6 heteroatoms. The van der Waals surface area contributed by atoms with Gasteiger partial charge in [-0.05, 0) is 55.0 Å². The fraction of sp³-hybridized carbons (Fsp3) is 0.389. The average molecular weight is 363 g/mol. The summed E-state index contributed by atoms with van der Waals surface area (Å²) in [6.07, 6.45) is 1.98. The van der Waals surface area contributed by atoms with Crippen molar-refractivity contribution >= 4 is 34.5 Å². The highest BCUT2D eigenvalue weighted by Crippen LogP contribution is 2.45. The molecule has 126 valence electrons. The van der Waals surface area contributed by atoms with Crippen molar-refractivity contribution in [3.05, 3.63) is 45.1 Å². The van der Waals surface area contributed by atoms with E-state index in [4.69, 9.17) is 16.3 Å². The van der Waals surface area contributed by atoms with Crippen LogP contribution >= 0.6 is 22.9 Å². The highest BCUT2D eigenvalue weighted by atomic mass is 35.5. The van der Waals surface area contributed by atoms with Crippen molar-refractivity contribution in [3.63, 3.8) is 0 Å². The number of ether oxygens (including phenoxy) is 1. The molecule has 2 aromatic rings. The summed E-state index contributed by atoms with van der Waals surface area (Å²) in [5, 5.41) is 2.62. The van der Waals surface area contributed by atoms with E-state index in [1.165, 1.54) is 10.4 Å². The van der Waals surface area contributed by atoms with Crippen LogP contribution < -0.4 is 9.64 Å². The molecule has 0 aliphatic carbocycles. The summed E-state index contributed by atoms with van der Waals surface area (Å²) in [6, 6.07) is 7.68. The first-order chi connectivity index (χ1) is 11.6. The lowest BCUT2D eigenvalue weighted by atomic mass is 10.2. The van der Waals surface area contributed by atoms with Crippen LogP contribution in [0.5, 0.6) is 5.75 Å². The van der Waals surface area contributed by atoms with Crippen molar-refractivity contribution in [1.29, 1.82) is 0 Å². The van der Waals surface area contributed by atoms with Crippen LogP contribution in [0.2, 0.25) is 5.02 Å². The van der Waals surface area contributed by atoms with E-state index < -0.39 is 0 Å². The van der Waals surface area contributed by atoms with Crippen LogP contribution in [0.3, 0.4) is 0 Å². The topological polar surface area (TPSA) is 32.8 Å². The first-order valence-corrected chi connectivity index (χ1v) is 9.34. The molecule has 0 unspecified atom stereocenters. The Kier molecular flexibility index (Phi) is 4.03. The second-order valence-corrected chi connectivity index (χ2v) is 7.62. The molecular weight excluding hydrogens is 344 g/mol. The lowest BCUT2D eigenvalue weighted by molar-refractivity contribution is -0.119. The Balaban J connectivity index is 1.81. The molecule has 1 amide bonds. The number of aryl methyl sites for hydroxylation is 1. The summed E-state index contributed by atoms with van der Waals surface area (Å²) >= 11 is 8.02. The van der Waals surface area contributed by atoms with E-state index in [2.05, 4.69) is 23.3 Å². The van der Waals surface area contributed by atoms with E-state index in [9.17, 15) is 4.79 Å². The Morgan fingerprint density at radius 1 is 1.33 bits per heavy atom. The Bertz CT molecular complexity index is 791. The van der Waals surface area contributed by atoms with Crippen LogP contribution in [0.1, 0.15) is 29.4 Å². The van der Waals surface area contributed by atoms with E-state index in [1.54, 1.807) is 18.4 Å². The van der Waals surface area contributed by atoms with E-state index in [-0.39, 0.29) is 18.1 Å². The number of nitrogens with zero attached hydrogens (tertiary/aromatic N) is 2. The highest BCUT2D eigenvalue weighted by Gasteiger charge is 2.50. The summed E-state index contributed by atoms with van der Waals surface area (Å²) in [4.78, 5) is 18.6. The van der Waals surface area contributed by atoms with E-state index >= 15 is 0 Å². The molecule has 24 heavy (non-hydrogen) atoms. The van der Waals surface area contributed by atoms with Crippen molar-refractivity contribution in [2.75, 3.05) is 18.6 Å².